The molecule has 0 aliphatic heterocycles. The minimum absolute atomic E-state index is 0.147. The van der Waals surface area contributed by atoms with Crippen LogP contribution in [0.1, 0.15) is 26.2 Å². The molecular weight excluding hydrogens is 202 g/mol. The second kappa shape index (κ2) is 5.68. The lowest BCUT2D eigenvalue weighted by Gasteiger charge is -2.29. The number of hydrogen-bond donors (Lipinski definition) is 1. The summed E-state index contributed by atoms with van der Waals surface area (Å²) >= 11 is 0. The first-order chi connectivity index (χ1) is 6.27. The molecule has 0 rings (SSSR count). The Bertz CT molecular complexity index is 247. The molecule has 0 unspecified atom stereocenters. The van der Waals surface area contributed by atoms with Crippen LogP contribution in [0.2, 0.25) is 0 Å². The van der Waals surface area contributed by atoms with E-state index in [0.29, 0.717) is 11.0 Å². The van der Waals surface area contributed by atoms with Gasteiger partial charge in [0.2, 0.25) is 0 Å². The smallest absolute Gasteiger partial charge is 0.270 e. The van der Waals surface area contributed by atoms with E-state index in [9.17, 15) is 8.42 Å². The monoisotopic (exact) mass is 224 g/mol. The predicted molar refractivity (Wildman–Crippen MR) is 57.8 cm³/mol. The summed E-state index contributed by atoms with van der Waals surface area (Å²) in [6.45, 7) is 3.57. The van der Waals surface area contributed by atoms with E-state index in [0.717, 1.165) is 19.4 Å². The van der Waals surface area contributed by atoms with Gasteiger partial charge in [-0.2, -0.15) is 8.42 Å². The number of unbranched alkanes of at least 4 members (excludes halogenated alkanes) is 2. The maximum absolute atomic E-state index is 10.6. The molecule has 0 aromatic carbocycles. The van der Waals surface area contributed by atoms with Crippen LogP contribution in [0.15, 0.2) is 0 Å². The van der Waals surface area contributed by atoms with Gasteiger partial charge in [-0.05, 0) is 12.8 Å². The maximum Gasteiger partial charge on any atom is 0.270 e. The van der Waals surface area contributed by atoms with Crippen LogP contribution in [0, 0.1) is 0 Å². The van der Waals surface area contributed by atoms with Crippen LogP contribution in [0.25, 0.3) is 0 Å². The van der Waals surface area contributed by atoms with Crippen molar-refractivity contribution in [3.63, 3.8) is 0 Å². The Labute approximate surface area is 87.3 Å². The third kappa shape index (κ3) is 8.47. The molecule has 0 amide bonds. The molecule has 0 heterocycles. The Morgan fingerprint density at radius 1 is 1.14 bits per heavy atom. The van der Waals surface area contributed by atoms with Crippen molar-refractivity contribution in [1.29, 1.82) is 0 Å². The van der Waals surface area contributed by atoms with Gasteiger partial charge in [0.25, 0.3) is 10.1 Å². The van der Waals surface area contributed by atoms with Crippen LogP contribution in [0.3, 0.4) is 0 Å². The van der Waals surface area contributed by atoms with E-state index in [1.807, 2.05) is 14.1 Å². The summed E-state index contributed by atoms with van der Waals surface area (Å²) in [6, 6.07) is 0. The first-order valence-corrected chi connectivity index (χ1v) is 6.65. The molecule has 0 aromatic heterocycles. The Morgan fingerprint density at radius 3 is 2.14 bits per heavy atom. The average molecular weight is 224 g/mol. The minimum atomic E-state index is -3.80. The summed E-state index contributed by atoms with van der Waals surface area (Å²) < 4.78 is 30.4. The summed E-state index contributed by atoms with van der Waals surface area (Å²) in [6.07, 6.45) is 3.45. The number of quaternary nitrogens is 1. The predicted octanol–water partition coefficient (Wildman–Crippen LogP) is 1.14. The molecule has 5 heteroatoms. The topological polar surface area (TPSA) is 54.4 Å². The van der Waals surface area contributed by atoms with Gasteiger partial charge < -0.3 is 4.48 Å². The van der Waals surface area contributed by atoms with E-state index < -0.39 is 10.1 Å². The van der Waals surface area contributed by atoms with Gasteiger partial charge in [0, 0.05) is 0 Å². The van der Waals surface area contributed by atoms with Gasteiger partial charge in [-0.25, -0.2) is 0 Å². The van der Waals surface area contributed by atoms with Crippen LogP contribution in [0.5, 0.6) is 0 Å². The molecule has 0 aliphatic carbocycles. The van der Waals surface area contributed by atoms with Crippen molar-refractivity contribution in [1.82, 2.24) is 0 Å². The highest BCUT2D eigenvalue weighted by atomic mass is 32.2. The summed E-state index contributed by atoms with van der Waals surface area (Å²) in [4.78, 5) is 0. The van der Waals surface area contributed by atoms with Crippen molar-refractivity contribution in [2.75, 3.05) is 32.9 Å². The highest BCUT2D eigenvalue weighted by Gasteiger charge is 2.18. The normalized spacial score (nSPS) is 13.1. The molecule has 0 spiro atoms. The number of rotatable bonds is 7. The molecule has 0 saturated carbocycles. The SMILES string of the molecule is CCCCC[N+](C)(C)CCS(=O)(=O)O. The van der Waals surface area contributed by atoms with Gasteiger partial charge in [-0.1, -0.05) is 13.3 Å². The molecule has 86 valence electrons. The van der Waals surface area contributed by atoms with Crippen LogP contribution in [0.4, 0.5) is 0 Å². The average Bonchev–Trinajstić information content (AvgIpc) is 2.00. The summed E-state index contributed by atoms with van der Waals surface area (Å²) in [5.74, 6) is -0.147. The highest BCUT2D eigenvalue weighted by Crippen LogP contribution is 2.04. The third-order valence-corrected chi connectivity index (χ3v) is 3.02. The van der Waals surface area contributed by atoms with Crippen molar-refractivity contribution >= 4 is 10.1 Å². The Balaban J connectivity index is 3.83. The fraction of sp³-hybridized carbons (Fsp3) is 1.00. The Morgan fingerprint density at radius 2 is 1.71 bits per heavy atom. The first kappa shape index (κ1) is 13.9. The van der Waals surface area contributed by atoms with Crippen molar-refractivity contribution in [3.05, 3.63) is 0 Å². The Kier molecular flexibility index (Phi) is 5.63. The van der Waals surface area contributed by atoms with Gasteiger partial charge in [0.15, 0.2) is 0 Å². The zero-order chi connectivity index (χ0) is 11.2. The molecule has 0 bridgehead atoms. The summed E-state index contributed by atoms with van der Waals surface area (Å²) in [7, 11) is 0.170. The number of hydrogen-bond acceptors (Lipinski definition) is 2. The number of nitrogens with zero attached hydrogens (tertiary/aromatic N) is 1. The van der Waals surface area contributed by atoms with Crippen molar-refractivity contribution < 1.29 is 17.5 Å². The molecule has 0 atom stereocenters. The molecule has 0 aromatic rings. The molecule has 0 radical (unpaired) electrons. The van der Waals surface area contributed by atoms with Gasteiger partial charge in [-0.3, -0.25) is 4.55 Å². The van der Waals surface area contributed by atoms with Gasteiger partial charge in [0.05, 0.1) is 27.2 Å². The van der Waals surface area contributed by atoms with Gasteiger partial charge in [-0.15, -0.1) is 0 Å². The van der Waals surface area contributed by atoms with E-state index in [4.69, 9.17) is 4.55 Å². The lowest BCUT2D eigenvalue weighted by Crippen LogP contribution is -2.43. The molecular formula is C9H22NO3S+. The van der Waals surface area contributed by atoms with Crippen LogP contribution in [-0.4, -0.2) is 50.4 Å². The van der Waals surface area contributed by atoms with E-state index in [2.05, 4.69) is 6.92 Å². The molecule has 4 nitrogen and oxygen atoms in total. The molecule has 1 N–H and O–H groups in total. The van der Waals surface area contributed by atoms with Crippen LogP contribution >= 0.6 is 0 Å². The molecule has 14 heavy (non-hydrogen) atoms. The molecule has 0 aliphatic rings. The van der Waals surface area contributed by atoms with Crippen molar-refractivity contribution in [3.8, 4) is 0 Å². The fourth-order valence-corrected chi connectivity index (χ4v) is 1.99. The van der Waals surface area contributed by atoms with Crippen molar-refractivity contribution in [2.45, 2.75) is 26.2 Å². The highest BCUT2D eigenvalue weighted by molar-refractivity contribution is 7.85. The zero-order valence-electron chi connectivity index (χ0n) is 9.36. The second-order valence-electron chi connectivity index (χ2n) is 4.38. The molecule has 0 fully saturated rings. The van der Waals surface area contributed by atoms with Gasteiger partial charge >= 0.3 is 0 Å². The fourth-order valence-electron chi connectivity index (χ4n) is 1.26. The lowest BCUT2D eigenvalue weighted by atomic mass is 10.2. The van der Waals surface area contributed by atoms with E-state index in [1.165, 1.54) is 6.42 Å². The minimum Gasteiger partial charge on any atom is -0.328 e. The third-order valence-electron chi connectivity index (χ3n) is 2.32. The maximum atomic E-state index is 10.6. The largest absolute Gasteiger partial charge is 0.328 e. The molecule has 0 saturated heterocycles. The summed E-state index contributed by atoms with van der Waals surface area (Å²) in [5.41, 5.74) is 0. The summed E-state index contributed by atoms with van der Waals surface area (Å²) in [5, 5.41) is 0. The van der Waals surface area contributed by atoms with Crippen molar-refractivity contribution in [2.24, 2.45) is 0 Å². The van der Waals surface area contributed by atoms with E-state index in [-0.39, 0.29) is 5.75 Å². The quantitative estimate of drug-likeness (QED) is 0.401. The lowest BCUT2D eigenvalue weighted by molar-refractivity contribution is -0.888. The zero-order valence-corrected chi connectivity index (χ0v) is 10.2. The second-order valence-corrected chi connectivity index (χ2v) is 5.95. The van der Waals surface area contributed by atoms with E-state index >= 15 is 0 Å². The van der Waals surface area contributed by atoms with Crippen LogP contribution < -0.4 is 0 Å². The van der Waals surface area contributed by atoms with E-state index in [1.54, 1.807) is 0 Å². The Hall–Kier alpha value is -0.130. The van der Waals surface area contributed by atoms with Crippen LogP contribution in [-0.2, 0) is 10.1 Å². The first-order valence-electron chi connectivity index (χ1n) is 5.04. The standard InChI is InChI=1S/C9H21NO3S/c1-4-5-6-7-10(2,3)8-9-14(11,12)13/h4-9H2,1-3H3/p+1. The van der Waals surface area contributed by atoms with Gasteiger partial charge in [0.1, 0.15) is 5.75 Å².